The van der Waals surface area contributed by atoms with Crippen molar-refractivity contribution in [2.24, 2.45) is 22.1 Å². The molecule has 3 amide bonds. The molecule has 6 rings (SSSR count). The van der Waals surface area contributed by atoms with Crippen LogP contribution in [-0.2, 0) is 62.8 Å². The second-order valence-electron chi connectivity index (χ2n) is 17.5. The molecular formula is C43H66ClN5O11S3. The van der Waals surface area contributed by atoms with Gasteiger partial charge in [-0.05, 0) is 88.8 Å². The van der Waals surface area contributed by atoms with Crippen molar-refractivity contribution < 1.29 is 53.8 Å². The van der Waals surface area contributed by atoms with E-state index >= 15 is 0 Å². The van der Waals surface area contributed by atoms with E-state index in [0.29, 0.717) is 42.6 Å². The van der Waals surface area contributed by atoms with Gasteiger partial charge in [0.25, 0.3) is 5.91 Å². The van der Waals surface area contributed by atoms with Gasteiger partial charge in [0.15, 0.2) is 0 Å². The molecule has 3 aromatic heterocycles. The number of carbonyl (C=O) groups excluding carboxylic acids is 5. The molecular weight excluding hydrogens is 894 g/mol. The molecule has 0 unspecified atom stereocenters. The number of thiophene rings is 3. The van der Waals surface area contributed by atoms with Gasteiger partial charge < -0.3 is 34.9 Å². The first-order valence-electron chi connectivity index (χ1n) is 20.3. The van der Waals surface area contributed by atoms with Crippen molar-refractivity contribution >= 4 is 82.0 Å². The lowest BCUT2D eigenvalue weighted by Crippen LogP contribution is -2.41. The molecule has 0 saturated carbocycles. The van der Waals surface area contributed by atoms with Crippen molar-refractivity contribution in [1.29, 1.82) is 0 Å². The number of carboxylic acids is 1. The zero-order valence-corrected chi connectivity index (χ0v) is 41.5. The quantitative estimate of drug-likeness (QED) is 0.0852. The topological polar surface area (TPSA) is 238 Å². The standard InChI is InChI=1S/C15H21NO3S.C13H18N2O3S.C10H13NO2S.C5H10O2.ClH.H3NO/c1-5-19-13(17)12-8-10-9-16(7-6-11(10)20-12)14(18)15(2,3)4;1-13(2,3)12(17)15-5-4-9-8(7-15)6-10(19-9)11(16)14-18;1-2-13-10(12)9-5-7-6-11-4-3-8(7)14-9;1-5(2,3)4(6)7;;1-2/h8H,5-7,9H2,1-4H3;6,18H,4-5,7H2,1-3H3,(H,14,16);5,11H,2-4,6H2,1H3;1-3H3,(H,6,7);1H;2H,1H2. The Morgan fingerprint density at radius 3 is 1.38 bits per heavy atom. The maximum atomic E-state index is 12.3. The zero-order valence-electron chi connectivity index (χ0n) is 38.2. The highest BCUT2D eigenvalue weighted by Gasteiger charge is 2.32. The van der Waals surface area contributed by atoms with Crippen LogP contribution >= 0.6 is 46.4 Å². The fourth-order valence-corrected chi connectivity index (χ4v) is 9.17. The number of carboxylic acid groups (broad SMARTS) is 1. The second-order valence-corrected chi connectivity index (χ2v) is 20.9. The second kappa shape index (κ2) is 25.5. The van der Waals surface area contributed by atoms with Crippen LogP contribution in [0.15, 0.2) is 18.2 Å². The molecule has 3 aliphatic heterocycles. The summed E-state index contributed by atoms with van der Waals surface area (Å²) >= 11 is 4.44. The Balaban J connectivity index is 0.000000432. The van der Waals surface area contributed by atoms with Gasteiger partial charge in [-0.25, -0.2) is 21.0 Å². The minimum absolute atomic E-state index is 0. The van der Waals surface area contributed by atoms with Gasteiger partial charge in [0.05, 0.1) is 23.5 Å². The third-order valence-electron chi connectivity index (χ3n) is 9.25. The highest BCUT2D eigenvalue weighted by atomic mass is 35.5. The first-order chi connectivity index (χ1) is 28.9. The SMILES string of the molecule is CC(C)(C)C(=O)N1CCc2sc(C(=O)NO)cc2C1.CC(C)(C)C(=O)O.CCOC(=O)c1cc2c(s1)CCN(C(=O)C(C)(C)C)C2.CCOC(=O)c1cc2c(s1)CCNC2.Cl.NO. The van der Waals surface area contributed by atoms with E-state index < -0.39 is 22.7 Å². The van der Waals surface area contributed by atoms with Gasteiger partial charge in [0.1, 0.15) is 9.75 Å². The van der Waals surface area contributed by atoms with E-state index in [2.05, 4.69) is 11.2 Å². The number of aliphatic carboxylic acids is 1. The molecule has 0 spiro atoms. The smallest absolute Gasteiger partial charge is 0.348 e. The van der Waals surface area contributed by atoms with Crippen molar-refractivity contribution in [2.75, 3.05) is 32.8 Å². The number of rotatable bonds is 5. The largest absolute Gasteiger partial charge is 0.481 e. The van der Waals surface area contributed by atoms with E-state index in [1.807, 2.05) is 70.4 Å². The number of ether oxygens (including phenoxy) is 2. The van der Waals surface area contributed by atoms with Gasteiger partial charge in [-0.3, -0.25) is 24.4 Å². The summed E-state index contributed by atoms with van der Waals surface area (Å²) in [5.74, 6) is 2.08. The molecule has 3 aliphatic rings. The average Bonchev–Trinajstić information content (AvgIpc) is 3.97. The number of amides is 3. The van der Waals surface area contributed by atoms with E-state index in [0.717, 1.165) is 59.8 Å². The van der Waals surface area contributed by atoms with E-state index in [-0.39, 0.29) is 41.6 Å². The first kappa shape index (κ1) is 57.1. The molecule has 0 fully saturated rings. The number of nitrogens with zero attached hydrogens (tertiary/aromatic N) is 2. The van der Waals surface area contributed by atoms with Crippen LogP contribution in [0, 0.1) is 16.2 Å². The lowest BCUT2D eigenvalue weighted by Gasteiger charge is -2.32. The summed E-state index contributed by atoms with van der Waals surface area (Å²) in [7, 11) is 0. The third-order valence-corrected chi connectivity index (χ3v) is 12.9. The fraction of sp³-hybridized carbons (Fsp3) is 0.581. The normalized spacial score (nSPS) is 13.9. The van der Waals surface area contributed by atoms with Gasteiger partial charge in [-0.15, -0.1) is 46.4 Å². The van der Waals surface area contributed by atoms with Gasteiger partial charge in [0.2, 0.25) is 11.8 Å². The highest BCUT2D eigenvalue weighted by Crippen LogP contribution is 2.32. The number of hydrogen-bond donors (Lipinski definition) is 6. The Labute approximate surface area is 388 Å². The van der Waals surface area contributed by atoms with Crippen molar-refractivity contribution in [1.82, 2.24) is 20.6 Å². The van der Waals surface area contributed by atoms with Crippen molar-refractivity contribution in [3.8, 4) is 0 Å². The summed E-state index contributed by atoms with van der Waals surface area (Å²) < 4.78 is 9.98. The number of halogens is 1. The molecule has 0 atom stereocenters. The van der Waals surface area contributed by atoms with Gasteiger partial charge in [-0.1, -0.05) is 41.5 Å². The summed E-state index contributed by atoms with van der Waals surface area (Å²) in [6, 6.07) is 5.58. The zero-order chi connectivity index (χ0) is 47.2. The Morgan fingerprint density at radius 1 is 0.667 bits per heavy atom. The minimum Gasteiger partial charge on any atom is -0.481 e. The summed E-state index contributed by atoms with van der Waals surface area (Å²) in [6.07, 6.45) is 2.61. The van der Waals surface area contributed by atoms with Crippen LogP contribution in [0.1, 0.15) is 136 Å². The number of fused-ring (bicyclic) bond motifs is 3. The number of esters is 2. The highest BCUT2D eigenvalue weighted by molar-refractivity contribution is 7.14. The number of nitrogens with one attached hydrogen (secondary N) is 2. The molecule has 16 nitrogen and oxygen atoms in total. The van der Waals surface area contributed by atoms with E-state index in [1.165, 1.54) is 38.0 Å². The van der Waals surface area contributed by atoms with Crippen molar-refractivity contribution in [2.45, 2.75) is 115 Å². The summed E-state index contributed by atoms with van der Waals surface area (Å²) in [5, 5.41) is 26.7. The minimum atomic E-state index is -0.757. The van der Waals surface area contributed by atoms with Crippen molar-refractivity contribution in [3.63, 3.8) is 0 Å². The van der Waals surface area contributed by atoms with Crippen molar-refractivity contribution in [3.05, 3.63) is 64.2 Å². The molecule has 0 aromatic carbocycles. The number of carbonyl (C=O) groups is 6. The third kappa shape index (κ3) is 17.2. The molecule has 6 heterocycles. The van der Waals surface area contributed by atoms with Crippen LogP contribution in [0.5, 0.6) is 0 Å². The Bertz CT molecular complexity index is 1990. The summed E-state index contributed by atoms with van der Waals surface area (Å²) in [5.41, 5.74) is 3.65. The number of hydroxylamine groups is 1. The first-order valence-corrected chi connectivity index (χ1v) is 22.8. The van der Waals surface area contributed by atoms with E-state index in [9.17, 15) is 28.8 Å². The van der Waals surface area contributed by atoms with Crippen LogP contribution in [-0.4, -0.2) is 93.8 Å². The summed E-state index contributed by atoms with van der Waals surface area (Å²) in [6.45, 7) is 25.4. The van der Waals surface area contributed by atoms with E-state index in [4.69, 9.17) is 25.0 Å². The van der Waals surface area contributed by atoms with Crippen LogP contribution in [0.25, 0.3) is 0 Å². The molecule has 63 heavy (non-hydrogen) atoms. The van der Waals surface area contributed by atoms with Gasteiger partial charge >= 0.3 is 17.9 Å². The Hall–Kier alpha value is -3.95. The number of nitrogens with two attached hydrogens (primary N) is 1. The van der Waals surface area contributed by atoms with Crippen LogP contribution in [0.2, 0.25) is 0 Å². The molecule has 0 radical (unpaired) electrons. The monoisotopic (exact) mass is 959 g/mol. The molecule has 0 saturated heterocycles. The lowest BCUT2D eigenvalue weighted by atomic mass is 9.93. The molecule has 0 aliphatic carbocycles. The molecule has 3 aromatic rings. The molecule has 20 heteroatoms. The van der Waals surface area contributed by atoms with Gasteiger partial charge in [0, 0.05) is 64.7 Å². The van der Waals surface area contributed by atoms with Crippen LogP contribution in [0.4, 0.5) is 0 Å². The van der Waals surface area contributed by atoms with Crippen LogP contribution < -0.4 is 16.7 Å². The molecule has 354 valence electrons. The number of hydrogen-bond acceptors (Lipinski definition) is 15. The van der Waals surface area contributed by atoms with E-state index in [1.54, 1.807) is 50.6 Å². The average molecular weight is 961 g/mol. The molecule has 0 bridgehead atoms. The van der Waals surface area contributed by atoms with Gasteiger partial charge in [-0.2, -0.15) is 0 Å². The van der Waals surface area contributed by atoms with Crippen LogP contribution in [0.3, 0.4) is 0 Å². The predicted molar refractivity (Wildman–Crippen MR) is 247 cm³/mol. The maximum absolute atomic E-state index is 12.3. The summed E-state index contributed by atoms with van der Waals surface area (Å²) in [4.78, 5) is 78.3. The molecule has 7 N–H and O–H groups in total. The Morgan fingerprint density at radius 2 is 1.03 bits per heavy atom. The fourth-order valence-electron chi connectivity index (χ4n) is 5.99. The lowest BCUT2D eigenvalue weighted by molar-refractivity contribution is -0.146. The predicted octanol–water partition coefficient (Wildman–Crippen LogP) is 7.10. The maximum Gasteiger partial charge on any atom is 0.348 e. The Kier molecular flexibility index (Phi) is 23.1.